The van der Waals surface area contributed by atoms with E-state index in [2.05, 4.69) is 62.5 Å². The number of carbonyl (C=O) groups excluding carboxylic acids is 1. The van der Waals surface area contributed by atoms with Crippen LogP contribution in [0, 0.1) is 0 Å². The third kappa shape index (κ3) is 39.8. The summed E-state index contributed by atoms with van der Waals surface area (Å²) in [6, 6.07) is 0. The van der Waals surface area contributed by atoms with Gasteiger partial charge in [-0.25, -0.2) is 0 Å². The summed E-state index contributed by atoms with van der Waals surface area (Å²) < 4.78 is 23.0. The van der Waals surface area contributed by atoms with Crippen LogP contribution in [0.25, 0.3) is 0 Å². The van der Waals surface area contributed by atoms with Gasteiger partial charge in [-0.2, -0.15) is 0 Å². The number of hydrogen-bond acceptors (Lipinski definition) is 9. The lowest BCUT2D eigenvalue weighted by Crippen LogP contribution is -2.59. The van der Waals surface area contributed by atoms with Crippen molar-refractivity contribution in [3.8, 4) is 0 Å². The molecule has 0 aromatic carbocycles. The number of aliphatic hydroxyl groups excluding tert-OH is 4. The number of carbonyl (C=O) groups is 1. The van der Waals surface area contributed by atoms with E-state index in [9.17, 15) is 25.2 Å². The maximum absolute atomic E-state index is 12.9. The number of esters is 1. The van der Waals surface area contributed by atoms with Crippen molar-refractivity contribution in [2.75, 3.05) is 26.4 Å². The maximum Gasteiger partial charge on any atom is 0.306 e. The molecule has 6 atom stereocenters. The first-order valence-corrected chi connectivity index (χ1v) is 28.7. The van der Waals surface area contributed by atoms with Gasteiger partial charge in [0.25, 0.3) is 0 Å². The molecule has 0 saturated carbocycles. The largest absolute Gasteiger partial charge is 0.457 e. The number of allylic oxidation sites excluding steroid dienone is 8. The molecule has 1 saturated heterocycles. The zero-order valence-electron chi connectivity index (χ0n) is 44.1. The van der Waals surface area contributed by atoms with E-state index >= 15 is 0 Å². The van der Waals surface area contributed by atoms with Crippen molar-refractivity contribution in [1.29, 1.82) is 0 Å². The Bertz CT molecular complexity index is 1180. The number of aliphatic hydroxyl groups is 4. The van der Waals surface area contributed by atoms with Gasteiger partial charge in [-0.1, -0.05) is 249 Å². The van der Waals surface area contributed by atoms with E-state index in [1.54, 1.807) is 0 Å². The average Bonchev–Trinajstić information content (AvgIpc) is 3.34. The first-order chi connectivity index (χ1) is 33.4. The fraction of sp³-hybridized carbons (Fsp3) is 0.847. The molecular formula is C59H108O9. The zero-order chi connectivity index (χ0) is 49.2. The van der Waals surface area contributed by atoms with Crippen LogP contribution in [0.3, 0.4) is 0 Å². The van der Waals surface area contributed by atoms with Gasteiger partial charge in [-0.3, -0.25) is 4.79 Å². The number of unbranched alkanes of at least 4 members (excludes halogenated alkanes) is 31. The summed E-state index contributed by atoms with van der Waals surface area (Å²) in [5.41, 5.74) is 0. The number of ether oxygens (including phenoxy) is 4. The molecule has 1 heterocycles. The maximum atomic E-state index is 12.9. The Morgan fingerprint density at radius 3 is 1.35 bits per heavy atom. The third-order valence-corrected chi connectivity index (χ3v) is 13.3. The van der Waals surface area contributed by atoms with E-state index in [1.165, 1.54) is 180 Å². The van der Waals surface area contributed by atoms with Crippen LogP contribution in [-0.2, 0) is 23.7 Å². The molecule has 1 rings (SSSR count). The monoisotopic (exact) mass is 961 g/mol. The van der Waals surface area contributed by atoms with E-state index in [-0.39, 0.29) is 19.2 Å². The van der Waals surface area contributed by atoms with Crippen LogP contribution in [0.15, 0.2) is 48.6 Å². The Morgan fingerprint density at radius 2 is 0.897 bits per heavy atom. The van der Waals surface area contributed by atoms with Gasteiger partial charge in [0.15, 0.2) is 6.29 Å². The van der Waals surface area contributed by atoms with Crippen LogP contribution in [0.2, 0.25) is 0 Å². The Labute approximate surface area is 418 Å². The van der Waals surface area contributed by atoms with Crippen molar-refractivity contribution in [2.45, 2.75) is 295 Å². The van der Waals surface area contributed by atoms with E-state index < -0.39 is 43.4 Å². The van der Waals surface area contributed by atoms with Gasteiger partial charge >= 0.3 is 5.97 Å². The molecule has 0 aromatic heterocycles. The first kappa shape index (κ1) is 64.2. The molecule has 0 bridgehead atoms. The molecule has 398 valence electrons. The summed E-state index contributed by atoms with van der Waals surface area (Å²) in [4.78, 5) is 12.9. The molecule has 0 amide bonds. The quantitative estimate of drug-likeness (QED) is 0.0267. The van der Waals surface area contributed by atoms with Gasteiger partial charge in [0.05, 0.1) is 19.8 Å². The highest BCUT2D eigenvalue weighted by atomic mass is 16.7. The first-order valence-electron chi connectivity index (χ1n) is 28.7. The molecule has 1 fully saturated rings. The van der Waals surface area contributed by atoms with E-state index in [0.29, 0.717) is 13.0 Å². The summed E-state index contributed by atoms with van der Waals surface area (Å²) in [6.07, 6.45) is 57.3. The zero-order valence-corrected chi connectivity index (χ0v) is 44.1. The Balaban J connectivity index is 2.15. The smallest absolute Gasteiger partial charge is 0.306 e. The lowest BCUT2D eigenvalue weighted by molar-refractivity contribution is -0.305. The highest BCUT2D eigenvalue weighted by Gasteiger charge is 2.44. The van der Waals surface area contributed by atoms with Gasteiger partial charge < -0.3 is 39.4 Å². The van der Waals surface area contributed by atoms with Crippen LogP contribution in [0.1, 0.15) is 258 Å². The second-order valence-corrected chi connectivity index (χ2v) is 19.7. The normalized spacial score (nSPS) is 19.4. The molecular weight excluding hydrogens is 853 g/mol. The molecule has 9 nitrogen and oxygen atoms in total. The van der Waals surface area contributed by atoms with Gasteiger partial charge in [0.2, 0.25) is 0 Å². The van der Waals surface area contributed by atoms with Crippen molar-refractivity contribution >= 4 is 5.97 Å². The summed E-state index contributed by atoms with van der Waals surface area (Å²) in [5, 5.41) is 40.4. The predicted molar refractivity (Wildman–Crippen MR) is 284 cm³/mol. The lowest BCUT2D eigenvalue weighted by Gasteiger charge is -2.39. The minimum absolute atomic E-state index is 0.113. The van der Waals surface area contributed by atoms with E-state index in [1.807, 2.05) is 0 Å². The van der Waals surface area contributed by atoms with Crippen molar-refractivity contribution < 1.29 is 44.2 Å². The summed E-state index contributed by atoms with van der Waals surface area (Å²) in [5.74, 6) is -0.314. The van der Waals surface area contributed by atoms with Gasteiger partial charge in [-0.05, 0) is 51.4 Å². The van der Waals surface area contributed by atoms with Crippen LogP contribution >= 0.6 is 0 Å². The van der Waals surface area contributed by atoms with Gasteiger partial charge in [0, 0.05) is 13.0 Å². The van der Waals surface area contributed by atoms with E-state index in [4.69, 9.17) is 18.9 Å². The van der Waals surface area contributed by atoms with Crippen LogP contribution in [-0.4, -0.2) is 89.6 Å². The van der Waals surface area contributed by atoms with Crippen LogP contribution < -0.4 is 0 Å². The Hall–Kier alpha value is -1.85. The molecule has 6 unspecified atom stereocenters. The van der Waals surface area contributed by atoms with Crippen LogP contribution in [0.5, 0.6) is 0 Å². The highest BCUT2D eigenvalue weighted by Crippen LogP contribution is 2.23. The second kappa shape index (κ2) is 50.1. The Kier molecular flexibility index (Phi) is 47.3. The van der Waals surface area contributed by atoms with Gasteiger partial charge in [-0.15, -0.1) is 0 Å². The van der Waals surface area contributed by atoms with Crippen molar-refractivity contribution in [3.63, 3.8) is 0 Å². The topological polar surface area (TPSA) is 135 Å². The minimum atomic E-state index is -1.54. The molecule has 68 heavy (non-hydrogen) atoms. The van der Waals surface area contributed by atoms with Gasteiger partial charge in [0.1, 0.15) is 30.5 Å². The molecule has 9 heteroatoms. The molecule has 0 spiro atoms. The molecule has 0 aliphatic carbocycles. The molecule has 0 aromatic rings. The van der Waals surface area contributed by atoms with Crippen LogP contribution in [0.4, 0.5) is 0 Å². The standard InChI is InChI=1S/C59H108O9/c1-3-5-7-9-11-13-15-17-19-21-23-25-27-28-30-32-34-36-38-40-42-44-46-48-55(61)67-53(52-66-59-58(64)57(63)56(62)54(50-60)68-59)51-65-49-47-45-43-41-39-37-35-33-31-29-26-24-22-20-18-16-14-12-10-8-6-4-2/h5,7,11,13,17,19,23,25,53-54,56-60,62-64H,3-4,6,8-10,12,14-16,18,20-22,24,26-52H2,1-2H3/b7-5-,13-11-,19-17-,25-23-. The predicted octanol–water partition coefficient (Wildman–Crippen LogP) is 14.8. The SMILES string of the molecule is CC/C=C\C/C=C\C/C=C\C/C=C\CCCCCCCCCCCCC(=O)OC(COCCCCCCCCCCCCCCCCCCCCCCCC)COC1OC(CO)C(O)C(O)C1O. The molecule has 4 N–H and O–H groups in total. The second-order valence-electron chi connectivity index (χ2n) is 19.7. The van der Waals surface area contributed by atoms with Crippen molar-refractivity contribution in [2.24, 2.45) is 0 Å². The minimum Gasteiger partial charge on any atom is -0.457 e. The number of rotatable bonds is 50. The molecule has 0 radical (unpaired) electrons. The fourth-order valence-electron chi connectivity index (χ4n) is 8.84. The summed E-state index contributed by atoms with van der Waals surface area (Å²) in [7, 11) is 0. The molecule has 1 aliphatic rings. The third-order valence-electron chi connectivity index (χ3n) is 13.3. The fourth-order valence-corrected chi connectivity index (χ4v) is 8.84. The summed E-state index contributed by atoms with van der Waals surface area (Å²) >= 11 is 0. The van der Waals surface area contributed by atoms with Crippen molar-refractivity contribution in [1.82, 2.24) is 0 Å². The Morgan fingerprint density at radius 1 is 0.485 bits per heavy atom. The number of hydrogen-bond donors (Lipinski definition) is 4. The van der Waals surface area contributed by atoms with Crippen molar-refractivity contribution in [3.05, 3.63) is 48.6 Å². The average molecular weight is 962 g/mol. The summed E-state index contributed by atoms with van der Waals surface area (Å²) in [6.45, 7) is 4.49. The lowest BCUT2D eigenvalue weighted by atomic mass is 9.99. The van der Waals surface area contributed by atoms with E-state index in [0.717, 1.165) is 57.8 Å². The highest BCUT2D eigenvalue weighted by molar-refractivity contribution is 5.69. The molecule has 1 aliphatic heterocycles.